The van der Waals surface area contributed by atoms with E-state index in [-0.39, 0.29) is 17.6 Å². The number of allylic oxidation sites excluding steroid dienone is 3. The summed E-state index contributed by atoms with van der Waals surface area (Å²) < 4.78 is 34.3. The number of nitrogens with zero attached hydrogens (tertiary/aromatic N) is 2. The summed E-state index contributed by atoms with van der Waals surface area (Å²) >= 11 is 0. The highest BCUT2D eigenvalue weighted by Crippen LogP contribution is 2.48. The predicted octanol–water partition coefficient (Wildman–Crippen LogP) is 3.19. The molecule has 8 nitrogen and oxygen atoms in total. The maximum Gasteiger partial charge on any atom is 0.238 e. The molecule has 1 atom stereocenters. The van der Waals surface area contributed by atoms with E-state index in [4.69, 9.17) is 20.3 Å². The van der Waals surface area contributed by atoms with Crippen molar-refractivity contribution < 1.29 is 17.9 Å². The Morgan fingerprint density at radius 3 is 2.47 bits per heavy atom. The van der Waals surface area contributed by atoms with Crippen LogP contribution in [0.25, 0.3) is 0 Å². The van der Waals surface area contributed by atoms with Crippen LogP contribution in [0.5, 0.6) is 11.5 Å². The minimum absolute atomic E-state index is 0.0254. The number of benzene rings is 2. The Labute approximate surface area is 186 Å². The van der Waals surface area contributed by atoms with Gasteiger partial charge in [0.05, 0.1) is 16.5 Å². The zero-order chi connectivity index (χ0) is 22.5. The Kier molecular flexibility index (Phi) is 4.84. The van der Waals surface area contributed by atoms with Gasteiger partial charge in [0.2, 0.25) is 16.8 Å². The average molecular weight is 451 g/mol. The molecule has 1 unspecified atom stereocenters. The third-order valence-electron chi connectivity index (χ3n) is 6.18. The number of fused-ring (bicyclic) bond motifs is 1. The van der Waals surface area contributed by atoms with Crippen LogP contribution in [0.3, 0.4) is 0 Å². The van der Waals surface area contributed by atoms with Crippen molar-refractivity contribution in [2.45, 2.75) is 36.5 Å². The molecule has 32 heavy (non-hydrogen) atoms. The maximum absolute atomic E-state index is 11.7. The van der Waals surface area contributed by atoms with Crippen LogP contribution in [0.1, 0.15) is 37.2 Å². The molecule has 0 radical (unpaired) electrons. The first kappa shape index (κ1) is 20.4. The summed E-state index contributed by atoms with van der Waals surface area (Å²) in [5.41, 5.74) is 10.9. The quantitative estimate of drug-likeness (QED) is 0.734. The van der Waals surface area contributed by atoms with Crippen LogP contribution < -0.4 is 25.2 Å². The molecule has 0 saturated heterocycles. The van der Waals surface area contributed by atoms with Crippen LogP contribution in [0, 0.1) is 11.3 Å². The Bertz CT molecular complexity index is 1310. The lowest BCUT2D eigenvalue weighted by atomic mass is 9.76. The number of nitriles is 1. The van der Waals surface area contributed by atoms with Crippen molar-refractivity contribution in [1.29, 1.82) is 5.26 Å². The van der Waals surface area contributed by atoms with Crippen molar-refractivity contribution >= 4 is 15.7 Å². The van der Waals surface area contributed by atoms with Crippen molar-refractivity contribution in [3.05, 3.63) is 70.7 Å². The summed E-state index contributed by atoms with van der Waals surface area (Å²) in [4.78, 5) is 1.90. The summed E-state index contributed by atoms with van der Waals surface area (Å²) in [7, 11) is -3.80. The molecule has 1 aliphatic carbocycles. The summed E-state index contributed by atoms with van der Waals surface area (Å²) in [6.07, 6.45) is 3.69. The number of rotatable bonds is 3. The number of anilines is 1. The number of hydrogen-bond acceptors (Lipinski definition) is 7. The lowest BCUT2D eigenvalue weighted by Gasteiger charge is -2.40. The largest absolute Gasteiger partial charge is 0.454 e. The monoisotopic (exact) mass is 450 g/mol. The van der Waals surface area contributed by atoms with Gasteiger partial charge in [-0.25, -0.2) is 13.6 Å². The minimum atomic E-state index is -3.80. The lowest BCUT2D eigenvalue weighted by molar-refractivity contribution is 0.174. The second-order valence-corrected chi connectivity index (χ2v) is 9.57. The lowest BCUT2D eigenvalue weighted by Crippen LogP contribution is -2.36. The minimum Gasteiger partial charge on any atom is -0.454 e. The molecule has 2 aromatic rings. The number of hydrogen-bond donors (Lipinski definition) is 2. The van der Waals surface area contributed by atoms with Gasteiger partial charge in [0, 0.05) is 17.3 Å². The van der Waals surface area contributed by atoms with E-state index in [1.54, 1.807) is 12.1 Å². The Hall–Kier alpha value is -3.48. The molecule has 0 spiro atoms. The van der Waals surface area contributed by atoms with E-state index >= 15 is 0 Å². The van der Waals surface area contributed by atoms with Crippen LogP contribution in [0.15, 0.2) is 70.0 Å². The van der Waals surface area contributed by atoms with E-state index in [9.17, 15) is 13.7 Å². The van der Waals surface area contributed by atoms with E-state index in [2.05, 4.69) is 6.07 Å². The van der Waals surface area contributed by atoms with E-state index in [1.807, 2.05) is 23.1 Å². The van der Waals surface area contributed by atoms with Crippen LogP contribution >= 0.6 is 0 Å². The molecule has 0 amide bonds. The van der Waals surface area contributed by atoms with Gasteiger partial charge in [-0.15, -0.1) is 0 Å². The molecular weight excluding hydrogens is 428 g/mol. The third kappa shape index (κ3) is 3.28. The highest BCUT2D eigenvalue weighted by molar-refractivity contribution is 7.89. The first-order valence-corrected chi connectivity index (χ1v) is 11.9. The molecule has 9 heteroatoms. The topological polar surface area (TPSA) is 132 Å². The molecule has 3 aliphatic rings. The molecule has 0 bridgehead atoms. The SMILES string of the molecule is N#CC1=C(N)N(c2ccc(S(N)(=O)=O)cc2)C2=C(CCCC2)C1c1ccc2c(c1)OCO2. The second kappa shape index (κ2) is 7.58. The Balaban J connectivity index is 1.64. The van der Waals surface area contributed by atoms with E-state index in [0.717, 1.165) is 42.5 Å². The molecule has 164 valence electrons. The maximum atomic E-state index is 11.7. The average Bonchev–Trinajstić information content (AvgIpc) is 3.26. The molecule has 2 aromatic carbocycles. The van der Waals surface area contributed by atoms with Crippen molar-refractivity contribution in [2.24, 2.45) is 10.9 Å². The number of ether oxygens (including phenoxy) is 2. The van der Waals surface area contributed by atoms with Crippen LogP contribution in [-0.4, -0.2) is 15.2 Å². The zero-order valence-electron chi connectivity index (χ0n) is 17.2. The van der Waals surface area contributed by atoms with Crippen LogP contribution in [0.4, 0.5) is 5.69 Å². The standard InChI is InChI=1S/C23H22N4O4S/c24-12-18-22(14-5-10-20-21(11-14)31-13-30-20)17-3-1-2-4-19(17)27(23(18)25)15-6-8-16(9-7-15)32(26,28)29/h5-11,22H,1-4,13,25H2,(H2,26,28,29). The van der Waals surface area contributed by atoms with Crippen molar-refractivity contribution in [2.75, 3.05) is 11.7 Å². The Morgan fingerprint density at radius 1 is 1.03 bits per heavy atom. The van der Waals surface area contributed by atoms with E-state index in [1.165, 1.54) is 12.1 Å². The summed E-state index contributed by atoms with van der Waals surface area (Å²) in [6, 6.07) is 14.3. The number of primary sulfonamides is 1. The van der Waals surface area contributed by atoms with Gasteiger partial charge < -0.3 is 20.1 Å². The van der Waals surface area contributed by atoms with Crippen molar-refractivity contribution in [1.82, 2.24) is 0 Å². The van der Waals surface area contributed by atoms with Gasteiger partial charge in [-0.2, -0.15) is 5.26 Å². The third-order valence-corrected chi connectivity index (χ3v) is 7.11. The van der Waals surface area contributed by atoms with Gasteiger partial charge in [0.25, 0.3) is 0 Å². The summed E-state index contributed by atoms with van der Waals surface area (Å²) in [5, 5.41) is 15.3. The van der Waals surface area contributed by atoms with Gasteiger partial charge >= 0.3 is 0 Å². The molecule has 2 heterocycles. The van der Waals surface area contributed by atoms with Crippen molar-refractivity contribution in [3.63, 3.8) is 0 Å². The number of sulfonamides is 1. The normalized spacial score (nSPS) is 20.2. The molecular formula is C23H22N4O4S. The molecule has 0 fully saturated rings. The summed E-state index contributed by atoms with van der Waals surface area (Å²) in [5.74, 6) is 1.44. The zero-order valence-corrected chi connectivity index (χ0v) is 18.1. The molecule has 0 aromatic heterocycles. The van der Waals surface area contributed by atoms with Gasteiger partial charge in [-0.3, -0.25) is 0 Å². The highest BCUT2D eigenvalue weighted by atomic mass is 32.2. The molecule has 4 N–H and O–H groups in total. The first-order chi connectivity index (χ1) is 15.4. The first-order valence-electron chi connectivity index (χ1n) is 10.3. The van der Waals surface area contributed by atoms with Gasteiger partial charge in [0.15, 0.2) is 11.5 Å². The molecule has 2 aliphatic heterocycles. The predicted molar refractivity (Wildman–Crippen MR) is 118 cm³/mol. The smallest absolute Gasteiger partial charge is 0.238 e. The fraction of sp³-hybridized carbons (Fsp3) is 0.261. The highest BCUT2D eigenvalue weighted by Gasteiger charge is 2.37. The van der Waals surface area contributed by atoms with Gasteiger partial charge in [-0.05, 0) is 73.2 Å². The van der Waals surface area contributed by atoms with E-state index in [0.29, 0.717) is 28.6 Å². The van der Waals surface area contributed by atoms with E-state index < -0.39 is 10.0 Å². The van der Waals surface area contributed by atoms with Crippen LogP contribution in [-0.2, 0) is 10.0 Å². The fourth-order valence-corrected chi connectivity index (χ4v) is 5.24. The van der Waals surface area contributed by atoms with Gasteiger partial charge in [0.1, 0.15) is 5.82 Å². The second-order valence-electron chi connectivity index (χ2n) is 8.01. The van der Waals surface area contributed by atoms with Gasteiger partial charge in [-0.1, -0.05) is 6.07 Å². The summed E-state index contributed by atoms with van der Waals surface area (Å²) in [6.45, 7) is 0.183. The molecule has 0 saturated carbocycles. The fourth-order valence-electron chi connectivity index (χ4n) is 4.73. The van der Waals surface area contributed by atoms with Crippen molar-refractivity contribution in [3.8, 4) is 17.6 Å². The van der Waals surface area contributed by atoms with Crippen LogP contribution in [0.2, 0.25) is 0 Å². The number of nitrogens with two attached hydrogens (primary N) is 2. The Morgan fingerprint density at radius 2 is 1.75 bits per heavy atom. The molecule has 5 rings (SSSR count).